The molecule has 0 unspecified atom stereocenters. The van der Waals surface area contributed by atoms with Gasteiger partial charge in [0.15, 0.2) is 0 Å². The quantitative estimate of drug-likeness (QED) is 0.543. The zero-order chi connectivity index (χ0) is 18.5. The first kappa shape index (κ1) is 18.1. The van der Waals surface area contributed by atoms with E-state index in [2.05, 4.69) is 33.2 Å². The molecule has 2 N–H and O–H groups in total. The minimum atomic E-state index is -0.365. The van der Waals surface area contributed by atoms with Crippen LogP contribution in [-0.4, -0.2) is 11.8 Å². The predicted octanol–water partition coefficient (Wildman–Crippen LogP) is 4.93. The van der Waals surface area contributed by atoms with Crippen molar-refractivity contribution >= 4 is 45.8 Å². The second kappa shape index (κ2) is 8.09. The smallest absolute Gasteiger partial charge is 0.256 e. The lowest BCUT2D eigenvalue weighted by Crippen LogP contribution is -2.14. The molecule has 0 saturated carbocycles. The second-order valence-corrected chi connectivity index (χ2v) is 6.63. The molecule has 0 bridgehead atoms. The summed E-state index contributed by atoms with van der Waals surface area (Å²) in [6.07, 6.45) is 0. The van der Waals surface area contributed by atoms with Gasteiger partial charge in [-0.05, 0) is 83.3 Å². The monoisotopic (exact) mass is 460 g/mol. The highest BCUT2D eigenvalue weighted by atomic mass is 127. The van der Waals surface area contributed by atoms with Crippen molar-refractivity contribution in [2.24, 2.45) is 0 Å². The molecule has 0 heterocycles. The summed E-state index contributed by atoms with van der Waals surface area (Å²) in [5, 5.41) is 5.49. The summed E-state index contributed by atoms with van der Waals surface area (Å²) in [4.78, 5) is 24.5. The van der Waals surface area contributed by atoms with E-state index in [-0.39, 0.29) is 17.6 Å². The molecule has 130 valence electrons. The van der Waals surface area contributed by atoms with Crippen molar-refractivity contribution in [3.05, 3.63) is 93.3 Å². The molecule has 3 rings (SSSR count). The largest absolute Gasteiger partial charge is 0.322 e. The second-order valence-electron chi connectivity index (χ2n) is 5.47. The molecule has 3 aromatic rings. The van der Waals surface area contributed by atoms with Gasteiger partial charge in [-0.2, -0.15) is 0 Å². The maximum atomic E-state index is 12.9. The number of amides is 2. The van der Waals surface area contributed by atoms with Crippen LogP contribution in [0.25, 0.3) is 0 Å². The van der Waals surface area contributed by atoms with Crippen molar-refractivity contribution in [2.45, 2.75) is 0 Å². The van der Waals surface area contributed by atoms with E-state index in [4.69, 9.17) is 0 Å². The molecule has 0 aromatic heterocycles. The van der Waals surface area contributed by atoms with Gasteiger partial charge in [-0.1, -0.05) is 12.1 Å². The first-order chi connectivity index (χ1) is 12.5. The van der Waals surface area contributed by atoms with Crippen LogP contribution in [0.1, 0.15) is 20.7 Å². The summed E-state index contributed by atoms with van der Waals surface area (Å²) in [6, 6.07) is 19.4. The first-order valence-corrected chi connectivity index (χ1v) is 8.84. The zero-order valence-corrected chi connectivity index (χ0v) is 15.7. The summed E-state index contributed by atoms with van der Waals surface area (Å²) in [6.45, 7) is 0. The van der Waals surface area contributed by atoms with Crippen LogP contribution in [0.2, 0.25) is 0 Å². The number of benzene rings is 3. The van der Waals surface area contributed by atoms with Crippen LogP contribution >= 0.6 is 22.6 Å². The Bertz CT molecular complexity index is 941. The van der Waals surface area contributed by atoms with Crippen molar-refractivity contribution in [1.29, 1.82) is 0 Å². The number of anilines is 2. The SMILES string of the molecule is O=C(Nc1ccc(F)cc1)c1ccc(NC(=O)c2ccccc2I)cc1. The topological polar surface area (TPSA) is 58.2 Å². The maximum Gasteiger partial charge on any atom is 0.256 e. The molecule has 3 aromatic carbocycles. The van der Waals surface area contributed by atoms with Crippen molar-refractivity contribution in [3.8, 4) is 0 Å². The number of hydrogen-bond acceptors (Lipinski definition) is 2. The van der Waals surface area contributed by atoms with Gasteiger partial charge in [0.2, 0.25) is 0 Å². The lowest BCUT2D eigenvalue weighted by Gasteiger charge is -2.08. The molecule has 4 nitrogen and oxygen atoms in total. The normalized spacial score (nSPS) is 10.2. The highest BCUT2D eigenvalue weighted by molar-refractivity contribution is 14.1. The fraction of sp³-hybridized carbons (Fsp3) is 0. The molecule has 0 radical (unpaired) electrons. The lowest BCUT2D eigenvalue weighted by atomic mass is 10.1. The number of carbonyl (C=O) groups is 2. The molecule has 26 heavy (non-hydrogen) atoms. The number of carbonyl (C=O) groups excluding carboxylic acids is 2. The summed E-state index contributed by atoms with van der Waals surface area (Å²) in [5.74, 6) is -0.887. The fourth-order valence-electron chi connectivity index (χ4n) is 2.29. The average molecular weight is 460 g/mol. The number of halogens is 2. The van der Waals surface area contributed by atoms with E-state index in [1.807, 2.05) is 12.1 Å². The third kappa shape index (κ3) is 4.45. The Hall–Kier alpha value is -2.74. The van der Waals surface area contributed by atoms with Crippen LogP contribution in [0.15, 0.2) is 72.8 Å². The summed E-state index contributed by atoms with van der Waals surface area (Å²) in [7, 11) is 0. The Morgan fingerprint density at radius 2 is 1.27 bits per heavy atom. The van der Waals surface area contributed by atoms with Gasteiger partial charge in [0.25, 0.3) is 11.8 Å². The first-order valence-electron chi connectivity index (χ1n) is 7.76. The van der Waals surface area contributed by atoms with Crippen LogP contribution in [-0.2, 0) is 0 Å². The Labute approximate surface area is 163 Å². The van der Waals surface area contributed by atoms with Gasteiger partial charge in [0, 0.05) is 20.5 Å². The van der Waals surface area contributed by atoms with E-state index in [0.717, 1.165) is 3.57 Å². The Morgan fingerprint density at radius 1 is 0.731 bits per heavy atom. The third-order valence-corrected chi connectivity index (χ3v) is 4.57. The number of nitrogens with one attached hydrogen (secondary N) is 2. The van der Waals surface area contributed by atoms with Crippen LogP contribution < -0.4 is 10.6 Å². The lowest BCUT2D eigenvalue weighted by molar-refractivity contribution is 0.101. The van der Waals surface area contributed by atoms with Crippen molar-refractivity contribution < 1.29 is 14.0 Å². The van der Waals surface area contributed by atoms with Gasteiger partial charge in [-0.25, -0.2) is 4.39 Å². The maximum absolute atomic E-state index is 12.9. The van der Waals surface area contributed by atoms with E-state index in [0.29, 0.717) is 22.5 Å². The van der Waals surface area contributed by atoms with Gasteiger partial charge in [0.05, 0.1) is 5.56 Å². The molecule has 0 saturated heterocycles. The van der Waals surface area contributed by atoms with Crippen LogP contribution in [0, 0.1) is 9.39 Å². The molecule has 0 aliphatic carbocycles. The minimum Gasteiger partial charge on any atom is -0.322 e. The molecule has 0 fully saturated rings. The van der Waals surface area contributed by atoms with Gasteiger partial charge in [0.1, 0.15) is 5.82 Å². The van der Waals surface area contributed by atoms with E-state index >= 15 is 0 Å². The van der Waals surface area contributed by atoms with Crippen LogP contribution in [0.5, 0.6) is 0 Å². The molecule has 0 aliphatic rings. The molecule has 0 aliphatic heterocycles. The predicted molar refractivity (Wildman–Crippen MR) is 108 cm³/mol. The number of rotatable bonds is 4. The third-order valence-electron chi connectivity index (χ3n) is 3.63. The van der Waals surface area contributed by atoms with Crippen LogP contribution in [0.3, 0.4) is 0 Å². The van der Waals surface area contributed by atoms with Crippen molar-refractivity contribution in [2.75, 3.05) is 10.6 Å². The molecular formula is C20H14FIN2O2. The van der Waals surface area contributed by atoms with Gasteiger partial charge < -0.3 is 10.6 Å². The van der Waals surface area contributed by atoms with Crippen LogP contribution in [0.4, 0.5) is 15.8 Å². The van der Waals surface area contributed by atoms with Gasteiger partial charge >= 0.3 is 0 Å². The Kier molecular flexibility index (Phi) is 5.62. The Morgan fingerprint density at radius 3 is 1.88 bits per heavy atom. The van der Waals surface area contributed by atoms with E-state index in [9.17, 15) is 14.0 Å². The van der Waals surface area contributed by atoms with E-state index < -0.39 is 0 Å². The average Bonchev–Trinajstić information content (AvgIpc) is 2.64. The highest BCUT2D eigenvalue weighted by Gasteiger charge is 2.10. The minimum absolute atomic E-state index is 0.210. The summed E-state index contributed by atoms with van der Waals surface area (Å²) in [5.41, 5.74) is 2.12. The Balaban J connectivity index is 1.66. The molecule has 6 heteroatoms. The van der Waals surface area contributed by atoms with Crippen molar-refractivity contribution in [1.82, 2.24) is 0 Å². The molecule has 0 spiro atoms. The van der Waals surface area contributed by atoms with Gasteiger partial charge in [-0.15, -0.1) is 0 Å². The zero-order valence-electron chi connectivity index (χ0n) is 13.5. The molecule has 0 atom stereocenters. The van der Waals surface area contributed by atoms with Gasteiger partial charge in [-0.3, -0.25) is 9.59 Å². The highest BCUT2D eigenvalue weighted by Crippen LogP contribution is 2.16. The fourth-order valence-corrected chi connectivity index (χ4v) is 2.92. The van der Waals surface area contributed by atoms with E-state index in [1.54, 1.807) is 36.4 Å². The molecular weight excluding hydrogens is 446 g/mol. The summed E-state index contributed by atoms with van der Waals surface area (Å²) < 4.78 is 13.8. The standard InChI is InChI=1S/C20H14FIN2O2/c21-14-7-11-16(12-8-14)23-19(25)13-5-9-15(10-6-13)24-20(26)17-3-1-2-4-18(17)22/h1-12H,(H,23,25)(H,24,26). The van der Waals surface area contributed by atoms with E-state index in [1.165, 1.54) is 24.3 Å². The number of hydrogen-bond donors (Lipinski definition) is 2. The van der Waals surface area contributed by atoms with Crippen molar-refractivity contribution in [3.63, 3.8) is 0 Å². The molecule has 2 amide bonds. The summed E-state index contributed by atoms with van der Waals surface area (Å²) >= 11 is 2.11.